The van der Waals surface area contributed by atoms with Gasteiger partial charge in [-0.1, -0.05) is 11.6 Å². The molecule has 0 spiro atoms. The van der Waals surface area contributed by atoms with Crippen molar-refractivity contribution in [3.8, 4) is 11.4 Å². The third-order valence-corrected chi connectivity index (χ3v) is 7.17. The third-order valence-electron chi connectivity index (χ3n) is 7.17. The summed E-state index contributed by atoms with van der Waals surface area (Å²) in [4.78, 5) is 26.2. The summed E-state index contributed by atoms with van der Waals surface area (Å²) in [5, 5.41) is 7.93. The molecule has 0 saturated carbocycles. The first-order chi connectivity index (χ1) is 19.3. The molecule has 0 fully saturated rings. The molecule has 41 heavy (non-hydrogen) atoms. The van der Waals surface area contributed by atoms with Gasteiger partial charge in [0, 0.05) is 43.3 Å². The molecule has 0 aliphatic rings. The third kappa shape index (κ3) is 6.35. The lowest BCUT2D eigenvalue weighted by molar-refractivity contribution is -0.176. The number of rotatable bonds is 9. The van der Waals surface area contributed by atoms with E-state index in [1.165, 1.54) is 24.0 Å². The number of benzene rings is 1. The predicted molar refractivity (Wildman–Crippen MR) is 155 cm³/mol. The first kappa shape index (κ1) is 30.0. The van der Waals surface area contributed by atoms with E-state index in [2.05, 4.69) is 15.3 Å². The van der Waals surface area contributed by atoms with Gasteiger partial charge in [0.25, 0.3) is 5.91 Å². The monoisotopic (exact) mass is 567 g/mol. The van der Waals surface area contributed by atoms with E-state index in [4.69, 9.17) is 9.97 Å². The van der Waals surface area contributed by atoms with Crippen molar-refractivity contribution in [2.45, 2.75) is 46.5 Å². The maximum Gasteiger partial charge on any atom is 0.413 e. The van der Waals surface area contributed by atoms with Gasteiger partial charge in [0.05, 0.1) is 40.0 Å². The highest BCUT2D eigenvalue weighted by molar-refractivity contribution is 6.07. The summed E-state index contributed by atoms with van der Waals surface area (Å²) >= 11 is 0. The minimum absolute atomic E-state index is 0.0559. The Morgan fingerprint density at radius 3 is 2.37 bits per heavy atom. The van der Waals surface area contributed by atoms with Gasteiger partial charge < -0.3 is 15.1 Å². The van der Waals surface area contributed by atoms with Gasteiger partial charge in [-0.25, -0.2) is 9.97 Å². The van der Waals surface area contributed by atoms with Crippen molar-refractivity contribution in [1.82, 2.24) is 29.5 Å². The zero-order valence-corrected chi connectivity index (χ0v) is 24.5. The van der Waals surface area contributed by atoms with Crippen LogP contribution >= 0.6 is 0 Å². The molecule has 8 nitrogen and oxygen atoms in total. The number of likely N-dealkylation sites (N-methyl/N-ethyl adjacent to an activating group) is 1. The molecule has 0 radical (unpaired) electrons. The molecule has 1 atom stereocenters. The number of pyridine rings is 2. The Bertz CT molecular complexity index is 1560. The fourth-order valence-electron chi connectivity index (χ4n) is 4.91. The van der Waals surface area contributed by atoms with Crippen LogP contribution in [0.2, 0.25) is 0 Å². The fraction of sp³-hybridized carbons (Fsp3) is 0.400. The molecule has 0 saturated heterocycles. The van der Waals surface area contributed by atoms with E-state index < -0.39 is 18.1 Å². The molecule has 0 aliphatic carbocycles. The SMILES string of the molecule is CCn1ncc([C@H](N(C)C(=O)c2cc(-c3ccc(NCCN(C)C)c(C)n3)nc3ccc(C)cc23)C(F)(F)F)c1C. The van der Waals surface area contributed by atoms with Crippen LogP contribution in [0.5, 0.6) is 0 Å². The number of amides is 1. The summed E-state index contributed by atoms with van der Waals surface area (Å²) in [7, 11) is 5.17. The van der Waals surface area contributed by atoms with E-state index in [9.17, 15) is 18.0 Å². The summed E-state index contributed by atoms with van der Waals surface area (Å²) in [6.07, 6.45) is -3.52. The number of alkyl halides is 3. The van der Waals surface area contributed by atoms with Gasteiger partial charge >= 0.3 is 6.18 Å². The number of hydrogen-bond donors (Lipinski definition) is 1. The van der Waals surface area contributed by atoms with Crippen LogP contribution in [-0.4, -0.2) is 75.9 Å². The number of aryl methyl sites for hydroxylation is 3. The molecular weight excluding hydrogens is 531 g/mol. The summed E-state index contributed by atoms with van der Waals surface area (Å²) in [5.74, 6) is -0.770. The van der Waals surface area contributed by atoms with Crippen LogP contribution in [0.4, 0.5) is 18.9 Å². The number of nitrogens with one attached hydrogen (secondary N) is 1. The Morgan fingerprint density at radius 2 is 1.76 bits per heavy atom. The van der Waals surface area contributed by atoms with Gasteiger partial charge in [-0.3, -0.25) is 9.48 Å². The van der Waals surface area contributed by atoms with Crippen LogP contribution in [0.1, 0.15) is 45.8 Å². The number of carbonyl (C=O) groups excluding carboxylic acids is 1. The van der Waals surface area contributed by atoms with Crippen molar-refractivity contribution in [3.63, 3.8) is 0 Å². The van der Waals surface area contributed by atoms with Crippen molar-refractivity contribution in [3.05, 3.63) is 70.7 Å². The van der Waals surface area contributed by atoms with Gasteiger partial charge in [0.15, 0.2) is 6.04 Å². The quantitative estimate of drug-likeness (QED) is 0.276. The number of aromatic nitrogens is 4. The summed E-state index contributed by atoms with van der Waals surface area (Å²) in [6.45, 7) is 9.13. The van der Waals surface area contributed by atoms with E-state index >= 15 is 0 Å². The van der Waals surface area contributed by atoms with Gasteiger partial charge in [-0.2, -0.15) is 18.3 Å². The Hall–Kier alpha value is -3.99. The molecule has 3 aromatic heterocycles. The largest absolute Gasteiger partial charge is 0.413 e. The number of hydrogen-bond acceptors (Lipinski definition) is 6. The molecule has 0 bridgehead atoms. The predicted octanol–water partition coefficient (Wildman–Crippen LogP) is 5.79. The highest BCUT2D eigenvalue weighted by Crippen LogP contribution is 2.39. The fourth-order valence-corrected chi connectivity index (χ4v) is 4.91. The summed E-state index contributed by atoms with van der Waals surface area (Å²) < 4.78 is 45.0. The number of carbonyl (C=O) groups is 1. The van der Waals surface area contributed by atoms with Crippen molar-refractivity contribution >= 4 is 22.5 Å². The molecule has 0 unspecified atom stereocenters. The van der Waals surface area contributed by atoms with E-state index in [1.807, 2.05) is 40.1 Å². The van der Waals surface area contributed by atoms with Crippen molar-refractivity contribution in [2.75, 3.05) is 39.5 Å². The molecule has 1 aromatic carbocycles. The lowest BCUT2D eigenvalue weighted by Gasteiger charge is -2.30. The number of nitrogens with zero attached hydrogens (tertiary/aromatic N) is 6. The zero-order valence-electron chi connectivity index (χ0n) is 24.5. The topological polar surface area (TPSA) is 79.2 Å². The maximum absolute atomic E-state index is 14.5. The number of anilines is 1. The standard InChI is InChI=1S/C30H36F3N7O/c1-8-40-20(4)23(17-35-40)28(30(31,32)33)39(7)29(41)22-16-27(37-25-10-9-18(2)15-21(22)25)26-12-11-24(19(3)36-26)34-13-14-38(5)6/h9-12,15-17,28,34H,8,13-14H2,1-7H3/t28-/m0/s1. The molecule has 3 heterocycles. The van der Waals surface area contributed by atoms with Crippen LogP contribution in [0, 0.1) is 20.8 Å². The van der Waals surface area contributed by atoms with E-state index in [-0.39, 0.29) is 11.1 Å². The lowest BCUT2D eigenvalue weighted by Crippen LogP contribution is -2.40. The van der Waals surface area contributed by atoms with Crippen molar-refractivity contribution in [1.29, 1.82) is 0 Å². The minimum atomic E-state index is -4.72. The number of halogens is 3. The van der Waals surface area contributed by atoms with Crippen LogP contribution in [-0.2, 0) is 6.54 Å². The molecule has 218 valence electrons. The van der Waals surface area contributed by atoms with Crippen LogP contribution in [0.25, 0.3) is 22.3 Å². The normalized spacial score (nSPS) is 12.7. The summed E-state index contributed by atoms with van der Waals surface area (Å²) in [5.41, 5.74) is 4.33. The minimum Gasteiger partial charge on any atom is -0.382 e. The van der Waals surface area contributed by atoms with E-state index in [0.717, 1.165) is 34.9 Å². The molecule has 1 N–H and O–H groups in total. The van der Waals surface area contributed by atoms with Gasteiger partial charge in [0.2, 0.25) is 0 Å². The molecular formula is C30H36F3N7O. The van der Waals surface area contributed by atoms with E-state index in [0.29, 0.717) is 34.5 Å². The molecule has 4 rings (SSSR count). The highest BCUT2D eigenvalue weighted by Gasteiger charge is 2.47. The number of fused-ring (bicyclic) bond motifs is 1. The first-order valence-electron chi connectivity index (χ1n) is 13.5. The van der Waals surface area contributed by atoms with Gasteiger partial charge in [0.1, 0.15) is 0 Å². The molecule has 1 amide bonds. The van der Waals surface area contributed by atoms with Gasteiger partial charge in [-0.05, 0) is 72.1 Å². The second-order valence-corrected chi connectivity index (χ2v) is 10.5. The van der Waals surface area contributed by atoms with Gasteiger partial charge in [-0.15, -0.1) is 0 Å². The Labute approximate surface area is 238 Å². The first-order valence-corrected chi connectivity index (χ1v) is 13.5. The molecule has 0 aliphatic heterocycles. The second kappa shape index (κ2) is 11.9. The highest BCUT2D eigenvalue weighted by atomic mass is 19.4. The average molecular weight is 568 g/mol. The Morgan fingerprint density at radius 1 is 1.02 bits per heavy atom. The Balaban J connectivity index is 1.79. The van der Waals surface area contributed by atoms with Crippen LogP contribution in [0.3, 0.4) is 0 Å². The van der Waals surface area contributed by atoms with Crippen LogP contribution in [0.15, 0.2) is 42.6 Å². The smallest absolute Gasteiger partial charge is 0.382 e. The summed E-state index contributed by atoms with van der Waals surface area (Å²) in [6, 6.07) is 8.46. The lowest BCUT2D eigenvalue weighted by atomic mass is 10.0. The van der Waals surface area contributed by atoms with E-state index in [1.54, 1.807) is 32.0 Å². The maximum atomic E-state index is 14.5. The van der Waals surface area contributed by atoms with Crippen molar-refractivity contribution < 1.29 is 18.0 Å². The second-order valence-electron chi connectivity index (χ2n) is 10.5. The van der Waals surface area contributed by atoms with Crippen molar-refractivity contribution in [2.24, 2.45) is 0 Å². The molecule has 4 aromatic rings. The Kier molecular flexibility index (Phi) is 8.67. The average Bonchev–Trinajstić information content (AvgIpc) is 3.27. The zero-order chi connectivity index (χ0) is 30.1. The van der Waals surface area contributed by atoms with Crippen LogP contribution < -0.4 is 5.32 Å². The molecule has 11 heteroatoms.